The Morgan fingerprint density at radius 2 is 1.89 bits per heavy atom. The first-order chi connectivity index (χ1) is 13.8. The number of pyridine rings is 1. The van der Waals surface area contributed by atoms with Crippen LogP contribution in [0.4, 0.5) is 5.69 Å². The molecule has 1 fully saturated rings. The van der Waals surface area contributed by atoms with E-state index >= 15 is 0 Å². The van der Waals surface area contributed by atoms with Crippen molar-refractivity contribution in [1.29, 1.82) is 0 Å². The molecule has 0 atom stereocenters. The van der Waals surface area contributed by atoms with Crippen LogP contribution in [0.25, 0.3) is 16.6 Å². The van der Waals surface area contributed by atoms with Crippen LogP contribution in [-0.4, -0.2) is 43.1 Å². The minimum absolute atomic E-state index is 0.0140. The van der Waals surface area contributed by atoms with Crippen molar-refractivity contribution in [3.05, 3.63) is 66.2 Å². The van der Waals surface area contributed by atoms with E-state index in [9.17, 15) is 4.79 Å². The second kappa shape index (κ2) is 6.86. The van der Waals surface area contributed by atoms with E-state index in [0.717, 1.165) is 22.2 Å². The van der Waals surface area contributed by atoms with E-state index in [1.54, 1.807) is 15.6 Å². The number of fused-ring (bicyclic) bond motifs is 3. The van der Waals surface area contributed by atoms with Gasteiger partial charge in [0.25, 0.3) is 0 Å². The largest absolute Gasteiger partial charge is 0.273 e. The number of thioether (sulfide) groups is 1. The van der Waals surface area contributed by atoms with Crippen molar-refractivity contribution in [2.75, 3.05) is 10.7 Å². The Labute approximate surface area is 163 Å². The second-order valence-corrected chi connectivity index (χ2v) is 7.00. The first kappa shape index (κ1) is 16.6. The number of hydrogen-bond donors (Lipinski definition) is 0. The molecule has 2 aromatic carbocycles. The van der Waals surface area contributed by atoms with Crippen molar-refractivity contribution in [2.45, 2.75) is 0 Å². The minimum atomic E-state index is -0.0140. The quantitative estimate of drug-likeness (QED) is 0.398. The molecule has 0 unspecified atom stereocenters. The third-order valence-electron chi connectivity index (χ3n) is 4.32. The molecule has 0 radical (unpaired) electrons. The molecule has 0 aliphatic carbocycles. The molecule has 1 saturated heterocycles. The van der Waals surface area contributed by atoms with Gasteiger partial charge in [0.2, 0.25) is 5.91 Å². The highest BCUT2D eigenvalue weighted by Gasteiger charge is 2.29. The molecule has 136 valence electrons. The summed E-state index contributed by atoms with van der Waals surface area (Å²) < 4.78 is 1.67. The number of para-hydroxylation sites is 2. The summed E-state index contributed by atoms with van der Waals surface area (Å²) in [5, 5.41) is 21.9. The van der Waals surface area contributed by atoms with Crippen molar-refractivity contribution in [3.63, 3.8) is 0 Å². The van der Waals surface area contributed by atoms with Gasteiger partial charge in [0.15, 0.2) is 10.8 Å². The van der Waals surface area contributed by atoms with Crippen LogP contribution >= 0.6 is 11.8 Å². The number of benzene rings is 2. The van der Waals surface area contributed by atoms with Crippen LogP contribution in [0.3, 0.4) is 0 Å². The second-order valence-electron chi connectivity index (χ2n) is 6.05. The topological polar surface area (TPSA) is 88.1 Å². The average Bonchev–Trinajstić information content (AvgIpc) is 3.36. The van der Waals surface area contributed by atoms with E-state index in [-0.39, 0.29) is 5.91 Å². The maximum Gasteiger partial charge on any atom is 0.243 e. The standard InChI is InChI=1S/C19H13N7OS/c27-17-12-28-19(25(17)15-7-2-1-3-8-15)22-20-11-14-10-13-6-4-5-9-16(13)26-18(14)21-23-24-26/h1-11H,12H2/b20-11+,22-19+. The molecule has 0 N–H and O–H groups in total. The maximum atomic E-state index is 12.2. The minimum Gasteiger partial charge on any atom is -0.273 e. The van der Waals surface area contributed by atoms with Crippen molar-refractivity contribution in [1.82, 2.24) is 20.0 Å². The van der Waals surface area contributed by atoms with Gasteiger partial charge in [-0.1, -0.05) is 48.2 Å². The van der Waals surface area contributed by atoms with Crippen molar-refractivity contribution in [2.24, 2.45) is 10.2 Å². The lowest BCUT2D eigenvalue weighted by atomic mass is 10.1. The van der Waals surface area contributed by atoms with Gasteiger partial charge in [-0.3, -0.25) is 9.69 Å². The summed E-state index contributed by atoms with van der Waals surface area (Å²) >= 11 is 1.36. The third kappa shape index (κ3) is 2.81. The van der Waals surface area contributed by atoms with Crippen LogP contribution < -0.4 is 4.90 Å². The van der Waals surface area contributed by atoms with E-state index in [0.29, 0.717) is 16.6 Å². The molecule has 5 rings (SSSR count). The number of tetrazole rings is 1. The Hall–Kier alpha value is -3.59. The molecule has 4 aromatic rings. The van der Waals surface area contributed by atoms with Gasteiger partial charge < -0.3 is 0 Å². The predicted octanol–water partition coefficient (Wildman–Crippen LogP) is 2.75. The molecule has 1 amide bonds. The zero-order valence-electron chi connectivity index (χ0n) is 14.5. The van der Waals surface area contributed by atoms with Gasteiger partial charge in [0.1, 0.15) is 0 Å². The van der Waals surface area contributed by atoms with Crippen LogP contribution in [0.15, 0.2) is 70.9 Å². The normalized spacial score (nSPS) is 16.2. The van der Waals surface area contributed by atoms with Gasteiger partial charge in [0, 0.05) is 10.9 Å². The SMILES string of the molecule is O=C1CS/C(=N/N=C/c2cc3ccccc3n3nnnc23)N1c1ccccc1. The molecule has 8 nitrogen and oxygen atoms in total. The summed E-state index contributed by atoms with van der Waals surface area (Å²) in [7, 11) is 0. The highest BCUT2D eigenvalue weighted by molar-refractivity contribution is 8.15. The van der Waals surface area contributed by atoms with Crippen LogP contribution in [0.2, 0.25) is 0 Å². The van der Waals surface area contributed by atoms with Gasteiger partial charge in [-0.05, 0) is 34.7 Å². The molecule has 1 aliphatic rings. The number of amides is 1. The number of rotatable bonds is 3. The average molecular weight is 387 g/mol. The van der Waals surface area contributed by atoms with E-state index in [1.165, 1.54) is 11.8 Å². The predicted molar refractivity (Wildman–Crippen MR) is 110 cm³/mol. The summed E-state index contributed by atoms with van der Waals surface area (Å²) in [5.41, 5.74) is 3.03. The zero-order valence-corrected chi connectivity index (χ0v) is 15.3. The first-order valence-electron chi connectivity index (χ1n) is 8.53. The Morgan fingerprint density at radius 3 is 2.79 bits per heavy atom. The van der Waals surface area contributed by atoms with Gasteiger partial charge in [-0.25, -0.2) is 0 Å². The molecule has 3 heterocycles. The molecule has 2 aromatic heterocycles. The van der Waals surface area contributed by atoms with E-state index < -0.39 is 0 Å². The van der Waals surface area contributed by atoms with E-state index in [4.69, 9.17) is 0 Å². The third-order valence-corrected chi connectivity index (χ3v) is 5.24. The van der Waals surface area contributed by atoms with Gasteiger partial charge in [-0.2, -0.15) is 9.62 Å². The van der Waals surface area contributed by atoms with Crippen LogP contribution in [0.1, 0.15) is 5.56 Å². The smallest absolute Gasteiger partial charge is 0.243 e. The molecule has 1 aliphatic heterocycles. The Morgan fingerprint density at radius 1 is 1.07 bits per heavy atom. The van der Waals surface area contributed by atoms with Crippen molar-refractivity contribution in [3.8, 4) is 0 Å². The molecule has 0 saturated carbocycles. The molecule has 0 bridgehead atoms. The summed E-state index contributed by atoms with van der Waals surface area (Å²) in [5.74, 6) is 0.331. The van der Waals surface area contributed by atoms with Crippen LogP contribution in [-0.2, 0) is 4.79 Å². The fourth-order valence-corrected chi connectivity index (χ4v) is 3.89. The number of nitrogens with zero attached hydrogens (tertiary/aromatic N) is 7. The van der Waals surface area contributed by atoms with Crippen LogP contribution in [0, 0.1) is 0 Å². The molecule has 9 heteroatoms. The van der Waals surface area contributed by atoms with Crippen molar-refractivity contribution < 1.29 is 4.79 Å². The summed E-state index contributed by atoms with van der Waals surface area (Å²) in [4.78, 5) is 13.8. The van der Waals surface area contributed by atoms with Crippen molar-refractivity contribution >= 4 is 51.3 Å². The lowest BCUT2D eigenvalue weighted by molar-refractivity contribution is -0.115. The number of anilines is 1. The first-order valence-corrected chi connectivity index (χ1v) is 9.51. The molecular formula is C19H13N7OS. The lowest BCUT2D eigenvalue weighted by Gasteiger charge is -2.14. The number of hydrogen-bond acceptors (Lipinski definition) is 7. The number of carbonyl (C=O) groups excluding carboxylic acids is 1. The fraction of sp³-hybridized carbons (Fsp3) is 0.0526. The van der Waals surface area contributed by atoms with Gasteiger partial charge in [0.05, 0.1) is 23.2 Å². The molecule has 28 heavy (non-hydrogen) atoms. The highest BCUT2D eigenvalue weighted by Crippen LogP contribution is 2.26. The Balaban J connectivity index is 1.52. The monoisotopic (exact) mass is 387 g/mol. The summed E-state index contributed by atoms with van der Waals surface area (Å²) in [6, 6.07) is 19.2. The van der Waals surface area contributed by atoms with Crippen LogP contribution in [0.5, 0.6) is 0 Å². The molecular weight excluding hydrogens is 374 g/mol. The highest BCUT2D eigenvalue weighted by atomic mass is 32.2. The summed E-state index contributed by atoms with van der Waals surface area (Å²) in [6.45, 7) is 0. The number of carbonyl (C=O) groups is 1. The number of aromatic nitrogens is 4. The van der Waals surface area contributed by atoms with Gasteiger partial charge >= 0.3 is 0 Å². The Kier molecular flexibility index (Phi) is 4.06. The fourth-order valence-electron chi connectivity index (χ4n) is 3.07. The molecule has 0 spiro atoms. The Bertz CT molecular complexity index is 1250. The maximum absolute atomic E-state index is 12.2. The number of amidine groups is 1. The van der Waals surface area contributed by atoms with E-state index in [2.05, 4.69) is 25.7 Å². The summed E-state index contributed by atoms with van der Waals surface area (Å²) in [6.07, 6.45) is 1.61. The zero-order chi connectivity index (χ0) is 18.9. The lowest BCUT2D eigenvalue weighted by Crippen LogP contribution is -2.28. The van der Waals surface area contributed by atoms with E-state index in [1.807, 2.05) is 60.7 Å². The van der Waals surface area contributed by atoms with Gasteiger partial charge in [-0.15, -0.1) is 10.2 Å².